The molecule has 1 amide bonds. The number of benzene rings is 1. The fourth-order valence-corrected chi connectivity index (χ4v) is 2.19. The summed E-state index contributed by atoms with van der Waals surface area (Å²) in [7, 11) is 0. The van der Waals surface area contributed by atoms with Gasteiger partial charge in [0.1, 0.15) is 0 Å². The molecule has 0 bridgehead atoms. The highest BCUT2D eigenvalue weighted by Crippen LogP contribution is 2.32. The molecule has 1 aliphatic rings. The summed E-state index contributed by atoms with van der Waals surface area (Å²) in [6, 6.07) is 2.79. The summed E-state index contributed by atoms with van der Waals surface area (Å²) in [4.78, 5) is 22.4. The molecular formula is C10H9ClN2O4. The molecule has 0 saturated heterocycles. The smallest absolute Gasteiger partial charge is 0.407 e. The molecule has 2 rings (SSSR count). The number of nitro benzene ring substituents is 1. The van der Waals surface area contributed by atoms with Crippen LogP contribution in [-0.4, -0.2) is 27.6 Å². The van der Waals surface area contributed by atoms with E-state index in [2.05, 4.69) is 0 Å². The zero-order valence-corrected chi connectivity index (χ0v) is 9.48. The van der Waals surface area contributed by atoms with Crippen LogP contribution in [0.15, 0.2) is 12.1 Å². The Bertz CT molecular complexity index is 503. The quantitative estimate of drug-likeness (QED) is 0.617. The number of carbonyl (C=O) groups is 1. The van der Waals surface area contributed by atoms with Gasteiger partial charge in [0.15, 0.2) is 0 Å². The van der Waals surface area contributed by atoms with Crippen molar-refractivity contribution >= 4 is 23.4 Å². The van der Waals surface area contributed by atoms with E-state index < -0.39 is 11.0 Å². The van der Waals surface area contributed by atoms with Crippen LogP contribution in [0.4, 0.5) is 10.5 Å². The van der Waals surface area contributed by atoms with Crippen molar-refractivity contribution in [2.45, 2.75) is 13.0 Å². The van der Waals surface area contributed by atoms with Gasteiger partial charge in [0.05, 0.1) is 11.5 Å². The third-order valence-corrected chi connectivity index (χ3v) is 3.15. The Morgan fingerprint density at radius 3 is 2.76 bits per heavy atom. The van der Waals surface area contributed by atoms with E-state index in [0.29, 0.717) is 22.6 Å². The van der Waals surface area contributed by atoms with Gasteiger partial charge < -0.3 is 10.0 Å². The van der Waals surface area contributed by atoms with Crippen molar-refractivity contribution in [3.8, 4) is 0 Å². The van der Waals surface area contributed by atoms with Gasteiger partial charge in [-0.25, -0.2) is 4.79 Å². The summed E-state index contributed by atoms with van der Waals surface area (Å²) >= 11 is 5.95. The van der Waals surface area contributed by atoms with Gasteiger partial charge >= 0.3 is 6.09 Å². The van der Waals surface area contributed by atoms with Crippen LogP contribution in [0.2, 0.25) is 5.02 Å². The fraction of sp³-hybridized carbons (Fsp3) is 0.300. The second-order valence-electron chi connectivity index (χ2n) is 3.73. The molecule has 0 fully saturated rings. The Morgan fingerprint density at radius 1 is 1.47 bits per heavy atom. The Morgan fingerprint density at radius 2 is 2.18 bits per heavy atom. The van der Waals surface area contributed by atoms with Crippen LogP contribution >= 0.6 is 11.6 Å². The van der Waals surface area contributed by atoms with Crippen molar-refractivity contribution in [1.82, 2.24) is 4.90 Å². The van der Waals surface area contributed by atoms with Crippen LogP contribution in [0.3, 0.4) is 0 Å². The fourth-order valence-electron chi connectivity index (χ4n) is 1.95. The molecule has 6 nitrogen and oxygen atoms in total. The second-order valence-corrected chi connectivity index (χ2v) is 4.14. The van der Waals surface area contributed by atoms with Crippen molar-refractivity contribution in [2.24, 2.45) is 0 Å². The summed E-state index contributed by atoms with van der Waals surface area (Å²) in [6.45, 7) is 0.356. The van der Waals surface area contributed by atoms with Crippen LogP contribution in [-0.2, 0) is 13.0 Å². The zero-order valence-electron chi connectivity index (χ0n) is 8.72. The van der Waals surface area contributed by atoms with Crippen molar-refractivity contribution in [2.75, 3.05) is 6.54 Å². The number of halogens is 1. The second kappa shape index (κ2) is 4.21. The van der Waals surface area contributed by atoms with Crippen molar-refractivity contribution in [3.05, 3.63) is 38.4 Å². The van der Waals surface area contributed by atoms with Crippen LogP contribution in [0.5, 0.6) is 0 Å². The molecule has 0 aromatic heterocycles. The van der Waals surface area contributed by atoms with Crippen LogP contribution in [0.1, 0.15) is 11.1 Å². The number of rotatable bonds is 1. The number of carboxylic acid groups (broad SMARTS) is 1. The summed E-state index contributed by atoms with van der Waals surface area (Å²) < 4.78 is 0. The predicted molar refractivity (Wildman–Crippen MR) is 60.2 cm³/mol. The third kappa shape index (κ3) is 2.03. The summed E-state index contributed by atoms with van der Waals surface area (Å²) in [5.74, 6) is 0. The van der Waals surface area contributed by atoms with Gasteiger partial charge in [-0.15, -0.1) is 0 Å². The molecule has 1 heterocycles. The van der Waals surface area contributed by atoms with E-state index in [1.165, 1.54) is 17.0 Å². The molecule has 0 radical (unpaired) electrons. The van der Waals surface area contributed by atoms with Gasteiger partial charge in [-0.2, -0.15) is 0 Å². The minimum atomic E-state index is -1.04. The van der Waals surface area contributed by atoms with Gasteiger partial charge in [0.2, 0.25) is 0 Å². The molecule has 7 heteroatoms. The molecule has 1 aliphatic heterocycles. The summed E-state index contributed by atoms with van der Waals surface area (Å²) in [5.41, 5.74) is 1.09. The molecule has 1 aromatic carbocycles. The maximum absolute atomic E-state index is 10.8. The maximum atomic E-state index is 10.8. The summed E-state index contributed by atoms with van der Waals surface area (Å²) in [5, 5.41) is 20.1. The number of hydrogen-bond acceptors (Lipinski definition) is 3. The number of nitrogens with zero attached hydrogens (tertiary/aromatic N) is 2. The predicted octanol–water partition coefficient (Wildman–Crippen LogP) is 2.28. The number of hydrogen-bond donors (Lipinski definition) is 1. The van der Waals surface area contributed by atoms with E-state index in [1.807, 2.05) is 0 Å². The molecule has 0 unspecified atom stereocenters. The third-order valence-electron chi connectivity index (χ3n) is 2.80. The van der Waals surface area contributed by atoms with Crippen molar-refractivity contribution in [1.29, 1.82) is 0 Å². The maximum Gasteiger partial charge on any atom is 0.407 e. The van der Waals surface area contributed by atoms with Crippen molar-refractivity contribution in [3.63, 3.8) is 0 Å². The minimum Gasteiger partial charge on any atom is -0.465 e. The van der Waals surface area contributed by atoms with Gasteiger partial charge in [-0.3, -0.25) is 10.1 Å². The highest BCUT2D eigenvalue weighted by Gasteiger charge is 2.27. The first-order chi connectivity index (χ1) is 8.00. The van der Waals surface area contributed by atoms with Gasteiger partial charge in [-0.1, -0.05) is 11.6 Å². The van der Waals surface area contributed by atoms with E-state index in [9.17, 15) is 14.9 Å². The molecular weight excluding hydrogens is 248 g/mol. The molecule has 90 valence electrons. The Kier molecular flexibility index (Phi) is 2.89. The van der Waals surface area contributed by atoms with Crippen LogP contribution in [0.25, 0.3) is 0 Å². The monoisotopic (exact) mass is 256 g/mol. The lowest BCUT2D eigenvalue weighted by molar-refractivity contribution is -0.385. The first kappa shape index (κ1) is 11.7. The Hall–Kier alpha value is -1.82. The van der Waals surface area contributed by atoms with Crippen LogP contribution in [0, 0.1) is 10.1 Å². The standard InChI is InChI=1S/C10H9ClN2O4/c11-8-1-2-9(13(16)17)6-3-4-12(10(14)15)5-7(6)8/h1-2H,3-5H2,(H,14,15). The highest BCUT2D eigenvalue weighted by molar-refractivity contribution is 6.31. The van der Waals surface area contributed by atoms with Crippen molar-refractivity contribution < 1.29 is 14.8 Å². The average Bonchev–Trinajstić information content (AvgIpc) is 2.28. The number of nitro groups is 1. The minimum absolute atomic E-state index is 0.00874. The molecule has 0 spiro atoms. The highest BCUT2D eigenvalue weighted by atomic mass is 35.5. The number of amides is 1. The van der Waals surface area contributed by atoms with Gasteiger partial charge in [-0.05, 0) is 12.5 Å². The van der Waals surface area contributed by atoms with E-state index in [1.54, 1.807) is 0 Å². The molecule has 0 aliphatic carbocycles. The van der Waals surface area contributed by atoms with E-state index in [-0.39, 0.29) is 18.8 Å². The van der Waals surface area contributed by atoms with E-state index >= 15 is 0 Å². The number of fused-ring (bicyclic) bond motifs is 1. The Labute approximate surface area is 102 Å². The molecule has 1 N–H and O–H groups in total. The topological polar surface area (TPSA) is 83.7 Å². The average molecular weight is 257 g/mol. The first-order valence-electron chi connectivity index (χ1n) is 4.93. The Balaban J connectivity index is 2.47. The molecule has 17 heavy (non-hydrogen) atoms. The van der Waals surface area contributed by atoms with E-state index in [4.69, 9.17) is 16.7 Å². The zero-order chi connectivity index (χ0) is 12.6. The summed E-state index contributed by atoms with van der Waals surface area (Å²) in [6.07, 6.45) is -0.725. The van der Waals surface area contributed by atoms with E-state index in [0.717, 1.165) is 0 Å². The lowest BCUT2D eigenvalue weighted by atomic mass is 9.98. The molecule has 0 saturated carbocycles. The largest absolute Gasteiger partial charge is 0.465 e. The molecule has 0 atom stereocenters. The molecule has 1 aromatic rings. The van der Waals surface area contributed by atoms with Gasteiger partial charge in [0.25, 0.3) is 5.69 Å². The van der Waals surface area contributed by atoms with Crippen LogP contribution < -0.4 is 0 Å². The lowest BCUT2D eigenvalue weighted by Crippen LogP contribution is -2.35. The van der Waals surface area contributed by atoms with Gasteiger partial charge in [0, 0.05) is 28.8 Å². The SMILES string of the molecule is O=C(O)N1CCc2c([N+](=O)[O-])ccc(Cl)c2C1. The first-order valence-corrected chi connectivity index (χ1v) is 5.31. The lowest BCUT2D eigenvalue weighted by Gasteiger charge is -2.26. The normalized spacial score (nSPS) is 14.3.